The zero-order chi connectivity index (χ0) is 32.0. The topological polar surface area (TPSA) is 0 Å². The Morgan fingerprint density at radius 3 is 1.27 bits per heavy atom. The molecule has 0 amide bonds. The first-order valence-electron chi connectivity index (χ1n) is 18.2. The van der Waals surface area contributed by atoms with E-state index >= 15 is 0 Å². The predicted octanol–water partition coefficient (Wildman–Crippen LogP) is 7.85. The Labute approximate surface area is 307 Å². The van der Waals surface area contributed by atoms with Gasteiger partial charge in [0.2, 0.25) is 0 Å². The van der Waals surface area contributed by atoms with Crippen LogP contribution in [0.2, 0.25) is 8.26 Å². The maximum absolute atomic E-state index is 2.86. The van der Waals surface area contributed by atoms with Gasteiger partial charge in [0.25, 0.3) is 0 Å². The summed E-state index contributed by atoms with van der Waals surface area (Å²) in [6, 6.07) is 33.5. The SMILES string of the molecule is CCCC1=Cc2c(-c3ccc(C(C)C)cc3)cccc2[CH]1[Zr+2]1([CH]2C(CCC)=Cc3c(-c4ccc(C(C)C)cc4)cccc32)[CH2]C[CH2]1.[Cl-].[Cl-]. The number of benzene rings is 4. The van der Waals surface area contributed by atoms with E-state index in [0.29, 0.717) is 19.1 Å². The largest absolute Gasteiger partial charge is 1.00 e. The van der Waals surface area contributed by atoms with Gasteiger partial charge in [-0.2, -0.15) is 0 Å². The van der Waals surface area contributed by atoms with Gasteiger partial charge in [0, 0.05) is 0 Å². The van der Waals surface area contributed by atoms with Crippen LogP contribution in [-0.2, 0) is 20.3 Å². The third-order valence-corrected chi connectivity index (χ3v) is 26.9. The summed E-state index contributed by atoms with van der Waals surface area (Å²) in [5, 5.41) is 0. The minimum absolute atomic E-state index is 0. The molecule has 1 fully saturated rings. The molecule has 0 bridgehead atoms. The van der Waals surface area contributed by atoms with Crippen molar-refractivity contribution in [2.24, 2.45) is 0 Å². The van der Waals surface area contributed by atoms with Crippen LogP contribution in [0.4, 0.5) is 0 Å². The van der Waals surface area contributed by atoms with E-state index < -0.39 is 20.3 Å². The van der Waals surface area contributed by atoms with Gasteiger partial charge >= 0.3 is 285 Å². The summed E-state index contributed by atoms with van der Waals surface area (Å²) in [6.07, 6.45) is 11.7. The summed E-state index contributed by atoms with van der Waals surface area (Å²) in [5.74, 6) is 1.12. The van der Waals surface area contributed by atoms with E-state index in [2.05, 4.69) is 139 Å². The van der Waals surface area contributed by atoms with Gasteiger partial charge in [-0.3, -0.25) is 0 Å². The van der Waals surface area contributed by atoms with Crippen molar-refractivity contribution in [3.63, 3.8) is 0 Å². The average molecular weight is 755 g/mol. The molecule has 4 aromatic carbocycles. The Morgan fingerprint density at radius 2 is 0.958 bits per heavy atom. The molecule has 1 aliphatic heterocycles. The molecule has 1 saturated heterocycles. The molecule has 0 nitrogen and oxygen atoms in total. The summed E-state index contributed by atoms with van der Waals surface area (Å²) < 4.78 is 4.42. The molecule has 0 radical (unpaired) electrons. The second kappa shape index (κ2) is 15.4. The fourth-order valence-corrected chi connectivity index (χ4v) is 24.8. The van der Waals surface area contributed by atoms with Gasteiger partial charge in [-0.05, 0) is 0 Å². The number of fused-ring (bicyclic) bond motifs is 2. The fraction of sp³-hybridized carbons (Fsp3) is 0.378. The molecule has 250 valence electrons. The molecule has 0 saturated carbocycles. The van der Waals surface area contributed by atoms with Crippen molar-refractivity contribution in [1.29, 1.82) is 0 Å². The third kappa shape index (κ3) is 6.43. The van der Waals surface area contributed by atoms with E-state index in [0.717, 1.165) is 0 Å². The van der Waals surface area contributed by atoms with Gasteiger partial charge in [-0.15, -0.1) is 0 Å². The molecule has 0 aromatic heterocycles. The van der Waals surface area contributed by atoms with Crippen molar-refractivity contribution in [3.8, 4) is 22.3 Å². The first-order valence-corrected chi connectivity index (χ1v) is 24.5. The molecule has 48 heavy (non-hydrogen) atoms. The predicted molar refractivity (Wildman–Crippen MR) is 197 cm³/mol. The zero-order valence-corrected chi connectivity index (χ0v) is 33.7. The van der Waals surface area contributed by atoms with E-state index in [4.69, 9.17) is 0 Å². The molecule has 4 aromatic rings. The molecule has 2 unspecified atom stereocenters. The Kier molecular flexibility index (Phi) is 11.9. The number of allylic oxidation sites excluding steroid dienone is 2. The zero-order valence-electron chi connectivity index (χ0n) is 29.8. The third-order valence-electron chi connectivity index (χ3n) is 11.6. The van der Waals surface area contributed by atoms with Crippen LogP contribution in [0, 0.1) is 0 Å². The van der Waals surface area contributed by atoms with Crippen molar-refractivity contribution < 1.29 is 45.1 Å². The van der Waals surface area contributed by atoms with Crippen molar-refractivity contribution in [2.75, 3.05) is 0 Å². The monoisotopic (exact) mass is 752 g/mol. The smallest absolute Gasteiger partial charge is 1.00 e. The van der Waals surface area contributed by atoms with Gasteiger partial charge in [0.15, 0.2) is 0 Å². The average Bonchev–Trinajstić information content (AvgIpc) is 3.60. The van der Waals surface area contributed by atoms with E-state index in [1.165, 1.54) is 84.9 Å². The van der Waals surface area contributed by atoms with Crippen molar-refractivity contribution in [1.82, 2.24) is 0 Å². The van der Waals surface area contributed by atoms with Gasteiger partial charge in [0.1, 0.15) is 0 Å². The molecular formula is C45H52Cl2Zr. The second-order valence-electron chi connectivity index (χ2n) is 15.1. The van der Waals surface area contributed by atoms with E-state index in [9.17, 15) is 0 Å². The molecule has 3 aliphatic rings. The van der Waals surface area contributed by atoms with Gasteiger partial charge in [0.05, 0.1) is 0 Å². The second-order valence-corrected chi connectivity index (χ2v) is 26.4. The first-order chi connectivity index (χ1) is 22.4. The molecule has 0 N–H and O–H groups in total. The summed E-state index contributed by atoms with van der Waals surface area (Å²) in [4.78, 5) is 0. The Balaban J connectivity index is 0.00000225. The van der Waals surface area contributed by atoms with Crippen molar-refractivity contribution in [2.45, 2.75) is 101 Å². The molecule has 2 atom stereocenters. The summed E-state index contributed by atoms with van der Waals surface area (Å²) >= 11 is -2.86. The van der Waals surface area contributed by atoms with Crippen LogP contribution in [0.15, 0.2) is 96.1 Å². The Hall–Kier alpha value is -2.18. The molecule has 2 aliphatic carbocycles. The van der Waals surface area contributed by atoms with Crippen LogP contribution in [0.3, 0.4) is 0 Å². The van der Waals surface area contributed by atoms with Crippen molar-refractivity contribution in [3.05, 3.63) is 129 Å². The van der Waals surface area contributed by atoms with Crippen LogP contribution in [0.25, 0.3) is 34.4 Å². The standard InChI is InChI=1S/2C21H23.C3H6.2ClH.Zr/c2*1-4-6-16-13-19-7-5-8-20(21(19)14-16)18-11-9-17(10-12-18)15(2)3;1-3-2;;;/h2*5,7-15H,4,6H2,1-3H3;1-3H2;2*1H;/q;;;;;+2/p-2. The van der Waals surface area contributed by atoms with E-state index in [1.54, 1.807) is 22.3 Å². The molecule has 3 heteroatoms. The molecular weight excluding hydrogens is 703 g/mol. The van der Waals surface area contributed by atoms with Gasteiger partial charge in [-0.25, -0.2) is 0 Å². The Bertz CT molecular complexity index is 1660. The normalized spacial score (nSPS) is 18.1. The van der Waals surface area contributed by atoms with Crippen LogP contribution < -0.4 is 24.8 Å². The molecule has 0 spiro atoms. The van der Waals surface area contributed by atoms with E-state index in [1.807, 2.05) is 0 Å². The summed E-state index contributed by atoms with van der Waals surface area (Å²) in [7, 11) is 0. The van der Waals surface area contributed by atoms with Gasteiger partial charge < -0.3 is 24.8 Å². The number of hydrogen-bond acceptors (Lipinski definition) is 0. The minimum Gasteiger partial charge on any atom is -1.00 e. The van der Waals surface area contributed by atoms with Crippen LogP contribution in [0.5, 0.6) is 0 Å². The van der Waals surface area contributed by atoms with Crippen LogP contribution >= 0.6 is 0 Å². The summed E-state index contributed by atoms with van der Waals surface area (Å²) in [6.45, 7) is 13.9. The van der Waals surface area contributed by atoms with Crippen LogP contribution in [-0.4, -0.2) is 0 Å². The van der Waals surface area contributed by atoms with E-state index in [-0.39, 0.29) is 24.8 Å². The maximum atomic E-state index is 2.68. The summed E-state index contributed by atoms with van der Waals surface area (Å²) in [5.41, 5.74) is 18.4. The Morgan fingerprint density at radius 1 is 0.562 bits per heavy atom. The van der Waals surface area contributed by atoms with Gasteiger partial charge in [-0.1, -0.05) is 0 Å². The fourth-order valence-electron chi connectivity index (χ4n) is 9.22. The number of halogens is 2. The van der Waals surface area contributed by atoms with Crippen LogP contribution in [0.1, 0.15) is 126 Å². The first kappa shape index (κ1) is 37.1. The molecule has 1 heterocycles. The maximum Gasteiger partial charge on any atom is -1.00 e. The number of hydrogen-bond donors (Lipinski definition) is 0. The minimum atomic E-state index is -2.86. The van der Waals surface area contributed by atoms with Crippen molar-refractivity contribution >= 4 is 12.2 Å². The number of rotatable bonds is 10. The molecule has 7 rings (SSSR count). The quantitative estimate of drug-likeness (QED) is 0.155.